The standard InChI is InChI=1S/C6H16NO3P/c1-2-5-11(9,10)6(8)3-4-7/h6,8H,2-5,7H2,1H3,(H,9,10). The summed E-state index contributed by atoms with van der Waals surface area (Å²) in [6, 6.07) is 0. The number of rotatable bonds is 5. The molecule has 0 aromatic heterocycles. The van der Waals surface area contributed by atoms with Crippen LogP contribution in [0.3, 0.4) is 0 Å². The zero-order valence-electron chi connectivity index (χ0n) is 6.73. The summed E-state index contributed by atoms with van der Waals surface area (Å²) in [5.74, 6) is -1.13. The second-order valence-electron chi connectivity index (χ2n) is 2.54. The number of hydrogen-bond acceptors (Lipinski definition) is 3. The van der Waals surface area contributed by atoms with Gasteiger partial charge in [0.15, 0.2) is 0 Å². The zero-order valence-corrected chi connectivity index (χ0v) is 7.63. The molecular weight excluding hydrogens is 165 g/mol. The average Bonchev–Trinajstić information content (AvgIpc) is 1.88. The van der Waals surface area contributed by atoms with Crippen molar-refractivity contribution in [2.24, 2.45) is 5.73 Å². The number of nitrogens with two attached hydrogens (primary N) is 1. The molecule has 0 rings (SSSR count). The van der Waals surface area contributed by atoms with Gasteiger partial charge in [0.2, 0.25) is 7.37 Å². The predicted octanol–water partition coefficient (Wildman–Crippen LogP) is 0.334. The van der Waals surface area contributed by atoms with Crippen molar-refractivity contribution in [3.63, 3.8) is 0 Å². The molecule has 0 aromatic rings. The molecule has 4 N–H and O–H groups in total. The van der Waals surface area contributed by atoms with Gasteiger partial charge in [-0.3, -0.25) is 4.57 Å². The van der Waals surface area contributed by atoms with Crippen molar-refractivity contribution in [2.45, 2.75) is 25.6 Å². The molecule has 0 spiro atoms. The molecule has 0 aliphatic rings. The molecule has 0 fully saturated rings. The van der Waals surface area contributed by atoms with Crippen LogP contribution in [-0.4, -0.2) is 28.6 Å². The van der Waals surface area contributed by atoms with Crippen LogP contribution in [0.15, 0.2) is 0 Å². The van der Waals surface area contributed by atoms with E-state index in [0.29, 0.717) is 6.42 Å². The summed E-state index contributed by atoms with van der Waals surface area (Å²) in [5, 5.41) is 9.11. The third kappa shape index (κ3) is 3.87. The molecule has 0 aromatic carbocycles. The van der Waals surface area contributed by atoms with E-state index in [1.165, 1.54) is 0 Å². The van der Waals surface area contributed by atoms with E-state index >= 15 is 0 Å². The number of aliphatic hydroxyl groups is 1. The quantitative estimate of drug-likeness (QED) is 0.534. The summed E-state index contributed by atoms with van der Waals surface area (Å²) < 4.78 is 11.2. The highest BCUT2D eigenvalue weighted by atomic mass is 31.2. The van der Waals surface area contributed by atoms with Gasteiger partial charge in [0.1, 0.15) is 5.85 Å². The Labute approximate surface area is 66.9 Å². The Bertz CT molecular complexity index is 151. The van der Waals surface area contributed by atoms with E-state index < -0.39 is 13.2 Å². The third-order valence-electron chi connectivity index (χ3n) is 1.43. The second-order valence-corrected chi connectivity index (χ2v) is 5.09. The Morgan fingerprint density at radius 3 is 2.55 bits per heavy atom. The Kier molecular flexibility index (Phi) is 4.93. The van der Waals surface area contributed by atoms with Crippen LogP contribution in [0.4, 0.5) is 0 Å². The van der Waals surface area contributed by atoms with E-state index in [1.807, 2.05) is 0 Å². The summed E-state index contributed by atoms with van der Waals surface area (Å²) in [5.41, 5.74) is 5.13. The Balaban J connectivity index is 3.95. The third-order valence-corrected chi connectivity index (χ3v) is 3.71. The lowest BCUT2D eigenvalue weighted by Gasteiger charge is -2.16. The summed E-state index contributed by atoms with van der Waals surface area (Å²) >= 11 is 0. The Hall–Kier alpha value is 0.110. The fourth-order valence-electron chi connectivity index (χ4n) is 0.820. The van der Waals surface area contributed by atoms with Crippen LogP contribution >= 0.6 is 7.37 Å². The van der Waals surface area contributed by atoms with Crippen LogP contribution in [0.5, 0.6) is 0 Å². The molecule has 5 heteroatoms. The van der Waals surface area contributed by atoms with Crippen molar-refractivity contribution in [1.82, 2.24) is 0 Å². The monoisotopic (exact) mass is 181 g/mol. The van der Waals surface area contributed by atoms with Gasteiger partial charge in [-0.2, -0.15) is 0 Å². The molecular formula is C6H16NO3P. The second kappa shape index (κ2) is 4.88. The Morgan fingerprint density at radius 2 is 2.18 bits per heavy atom. The minimum atomic E-state index is -3.32. The maximum Gasteiger partial charge on any atom is 0.228 e. The summed E-state index contributed by atoms with van der Waals surface area (Å²) in [4.78, 5) is 9.16. The fourth-order valence-corrected chi connectivity index (χ4v) is 2.31. The first kappa shape index (κ1) is 11.1. The molecule has 2 unspecified atom stereocenters. The van der Waals surface area contributed by atoms with Gasteiger partial charge in [0, 0.05) is 6.16 Å². The SMILES string of the molecule is CCCP(=O)(O)C(O)CCN. The van der Waals surface area contributed by atoms with E-state index in [4.69, 9.17) is 15.7 Å². The van der Waals surface area contributed by atoms with Crippen molar-refractivity contribution in [2.75, 3.05) is 12.7 Å². The molecule has 0 amide bonds. The molecule has 0 saturated heterocycles. The Morgan fingerprint density at radius 1 is 1.64 bits per heavy atom. The van der Waals surface area contributed by atoms with Gasteiger partial charge in [-0.25, -0.2) is 0 Å². The van der Waals surface area contributed by atoms with Gasteiger partial charge in [-0.05, 0) is 19.4 Å². The summed E-state index contributed by atoms with van der Waals surface area (Å²) in [6.45, 7) is 2.05. The van der Waals surface area contributed by atoms with Gasteiger partial charge < -0.3 is 15.7 Å². The first-order valence-corrected chi connectivity index (χ1v) is 5.65. The van der Waals surface area contributed by atoms with Crippen LogP contribution in [0.2, 0.25) is 0 Å². The molecule has 2 atom stereocenters. The minimum absolute atomic E-state index is 0.175. The van der Waals surface area contributed by atoms with E-state index in [9.17, 15) is 4.57 Å². The van der Waals surface area contributed by atoms with Crippen molar-refractivity contribution in [3.8, 4) is 0 Å². The molecule has 68 valence electrons. The first-order valence-electron chi connectivity index (χ1n) is 3.74. The first-order chi connectivity index (χ1) is 5.04. The molecule has 0 saturated carbocycles. The molecule has 0 bridgehead atoms. The van der Waals surface area contributed by atoms with Gasteiger partial charge in [0.05, 0.1) is 0 Å². The molecule has 4 nitrogen and oxygen atoms in total. The lowest BCUT2D eigenvalue weighted by molar-refractivity contribution is 0.222. The summed E-state index contributed by atoms with van der Waals surface area (Å²) in [6.07, 6.45) is 0.983. The average molecular weight is 181 g/mol. The molecule has 0 heterocycles. The lowest BCUT2D eigenvalue weighted by atomic mass is 10.5. The van der Waals surface area contributed by atoms with Gasteiger partial charge >= 0.3 is 0 Å². The number of hydrogen-bond donors (Lipinski definition) is 3. The topological polar surface area (TPSA) is 83.5 Å². The van der Waals surface area contributed by atoms with Gasteiger partial charge in [-0.15, -0.1) is 0 Å². The van der Waals surface area contributed by atoms with E-state index in [2.05, 4.69) is 0 Å². The van der Waals surface area contributed by atoms with Crippen LogP contribution < -0.4 is 5.73 Å². The van der Waals surface area contributed by atoms with Crippen molar-refractivity contribution >= 4 is 7.37 Å². The van der Waals surface area contributed by atoms with E-state index in [1.54, 1.807) is 6.92 Å². The number of aliphatic hydroxyl groups excluding tert-OH is 1. The maximum atomic E-state index is 11.2. The zero-order chi connectivity index (χ0) is 8.91. The molecule has 11 heavy (non-hydrogen) atoms. The largest absolute Gasteiger partial charge is 0.383 e. The van der Waals surface area contributed by atoms with Crippen molar-refractivity contribution < 1.29 is 14.6 Å². The normalized spacial score (nSPS) is 19.3. The molecule has 0 radical (unpaired) electrons. The van der Waals surface area contributed by atoms with Crippen LogP contribution in [0, 0.1) is 0 Å². The molecule has 0 aliphatic heterocycles. The lowest BCUT2D eigenvalue weighted by Crippen LogP contribution is -2.15. The summed E-state index contributed by atoms with van der Waals surface area (Å²) in [7, 11) is -3.32. The van der Waals surface area contributed by atoms with Crippen LogP contribution in [0.1, 0.15) is 19.8 Å². The predicted molar refractivity (Wildman–Crippen MR) is 44.7 cm³/mol. The van der Waals surface area contributed by atoms with Crippen LogP contribution in [-0.2, 0) is 4.57 Å². The minimum Gasteiger partial charge on any atom is -0.383 e. The maximum absolute atomic E-state index is 11.2. The smallest absolute Gasteiger partial charge is 0.228 e. The highest BCUT2D eigenvalue weighted by molar-refractivity contribution is 7.58. The van der Waals surface area contributed by atoms with Gasteiger partial charge in [0.25, 0.3) is 0 Å². The van der Waals surface area contributed by atoms with E-state index in [0.717, 1.165) is 0 Å². The van der Waals surface area contributed by atoms with E-state index in [-0.39, 0.29) is 19.1 Å². The van der Waals surface area contributed by atoms with Crippen LogP contribution in [0.25, 0.3) is 0 Å². The fraction of sp³-hybridized carbons (Fsp3) is 1.00. The van der Waals surface area contributed by atoms with Crippen molar-refractivity contribution in [1.29, 1.82) is 0 Å². The van der Waals surface area contributed by atoms with Gasteiger partial charge in [-0.1, -0.05) is 6.92 Å². The highest BCUT2D eigenvalue weighted by Crippen LogP contribution is 2.46. The highest BCUT2D eigenvalue weighted by Gasteiger charge is 2.26. The molecule has 0 aliphatic carbocycles. The van der Waals surface area contributed by atoms with Crippen molar-refractivity contribution in [3.05, 3.63) is 0 Å².